The Bertz CT molecular complexity index is 432. The minimum Gasteiger partial charge on any atom is -0.337 e. The van der Waals surface area contributed by atoms with Crippen LogP contribution >= 0.6 is 11.3 Å². The molecule has 0 spiro atoms. The van der Waals surface area contributed by atoms with Gasteiger partial charge in [0.2, 0.25) is 0 Å². The third-order valence-electron chi connectivity index (χ3n) is 3.08. The molecule has 0 saturated heterocycles. The van der Waals surface area contributed by atoms with Gasteiger partial charge in [-0.2, -0.15) is 0 Å². The third-order valence-corrected chi connectivity index (χ3v) is 4.32. The summed E-state index contributed by atoms with van der Waals surface area (Å²) in [6, 6.07) is 4.35. The Labute approximate surface area is 113 Å². The smallest absolute Gasteiger partial charge is 0.0945 e. The largest absolute Gasteiger partial charge is 0.337 e. The first-order valence-electron chi connectivity index (χ1n) is 6.39. The molecule has 18 heavy (non-hydrogen) atoms. The number of thiophene rings is 1. The van der Waals surface area contributed by atoms with Gasteiger partial charge in [-0.25, -0.2) is 4.98 Å². The monoisotopic (exact) mass is 263 g/mol. The highest BCUT2D eigenvalue weighted by Crippen LogP contribution is 2.26. The Kier molecular flexibility index (Phi) is 4.55. The highest BCUT2D eigenvalue weighted by atomic mass is 32.1. The minimum absolute atomic E-state index is 0.225. The van der Waals surface area contributed by atoms with Crippen molar-refractivity contribution in [2.45, 2.75) is 32.2 Å². The lowest BCUT2D eigenvalue weighted by atomic mass is 9.91. The molecule has 0 unspecified atom stereocenters. The van der Waals surface area contributed by atoms with E-state index in [-0.39, 0.29) is 5.41 Å². The Morgan fingerprint density at radius 1 is 1.44 bits per heavy atom. The average Bonchev–Trinajstić information content (AvgIpc) is 3.02. The van der Waals surface area contributed by atoms with E-state index in [2.05, 4.69) is 46.2 Å². The Hall–Kier alpha value is -1.13. The summed E-state index contributed by atoms with van der Waals surface area (Å²) in [6.45, 7) is 7.69. The fourth-order valence-corrected chi connectivity index (χ4v) is 2.81. The molecule has 0 aliphatic rings. The summed E-state index contributed by atoms with van der Waals surface area (Å²) in [7, 11) is 0. The van der Waals surface area contributed by atoms with Crippen molar-refractivity contribution in [1.29, 1.82) is 0 Å². The van der Waals surface area contributed by atoms with Crippen LogP contribution in [0, 0.1) is 0 Å². The van der Waals surface area contributed by atoms with Crippen molar-refractivity contribution in [2.24, 2.45) is 0 Å². The lowest BCUT2D eigenvalue weighted by Crippen LogP contribution is -2.33. The van der Waals surface area contributed by atoms with Crippen LogP contribution in [0.3, 0.4) is 0 Å². The van der Waals surface area contributed by atoms with E-state index in [4.69, 9.17) is 0 Å². The Morgan fingerprint density at radius 2 is 2.33 bits per heavy atom. The fraction of sp³-hybridized carbons (Fsp3) is 0.500. The minimum atomic E-state index is 0.225. The van der Waals surface area contributed by atoms with Crippen LogP contribution in [-0.4, -0.2) is 22.6 Å². The maximum Gasteiger partial charge on any atom is 0.0945 e. The van der Waals surface area contributed by atoms with Gasteiger partial charge in [-0.3, -0.25) is 0 Å². The molecule has 2 aromatic heterocycles. The number of imidazole rings is 1. The topological polar surface area (TPSA) is 29.9 Å². The average molecular weight is 263 g/mol. The summed E-state index contributed by atoms with van der Waals surface area (Å²) >= 11 is 1.84. The van der Waals surface area contributed by atoms with Crippen molar-refractivity contribution >= 4 is 11.3 Å². The molecule has 0 fully saturated rings. The van der Waals surface area contributed by atoms with E-state index in [1.54, 1.807) is 0 Å². The molecule has 0 saturated carbocycles. The van der Waals surface area contributed by atoms with E-state index in [9.17, 15) is 0 Å². The van der Waals surface area contributed by atoms with Gasteiger partial charge >= 0.3 is 0 Å². The molecule has 0 aliphatic heterocycles. The van der Waals surface area contributed by atoms with Gasteiger partial charge in [-0.05, 0) is 24.4 Å². The second kappa shape index (κ2) is 6.16. The van der Waals surface area contributed by atoms with Gasteiger partial charge < -0.3 is 9.88 Å². The molecule has 0 amide bonds. The molecule has 2 heterocycles. The van der Waals surface area contributed by atoms with Crippen LogP contribution in [0.2, 0.25) is 0 Å². The molecular weight excluding hydrogens is 242 g/mol. The summed E-state index contributed by atoms with van der Waals surface area (Å²) in [6.07, 6.45) is 6.84. The first kappa shape index (κ1) is 13.3. The fourth-order valence-electron chi connectivity index (χ4n) is 1.96. The summed E-state index contributed by atoms with van der Waals surface area (Å²) in [5.74, 6) is 0. The number of rotatable bonds is 7. The van der Waals surface area contributed by atoms with Gasteiger partial charge in [0.15, 0.2) is 0 Å². The molecule has 2 aromatic rings. The van der Waals surface area contributed by atoms with Crippen LogP contribution in [0.1, 0.15) is 25.1 Å². The van der Waals surface area contributed by atoms with Crippen molar-refractivity contribution in [3.63, 3.8) is 0 Å². The zero-order chi connectivity index (χ0) is 12.8. The van der Waals surface area contributed by atoms with E-state index >= 15 is 0 Å². The van der Waals surface area contributed by atoms with Crippen molar-refractivity contribution in [3.05, 3.63) is 41.1 Å². The molecule has 0 radical (unpaired) electrons. The normalized spacial score (nSPS) is 11.9. The molecule has 0 atom stereocenters. The SMILES string of the molecule is CC(C)(CNCCCn1ccnc1)c1cccs1. The van der Waals surface area contributed by atoms with Crippen molar-refractivity contribution in [2.75, 3.05) is 13.1 Å². The third kappa shape index (κ3) is 3.68. The van der Waals surface area contributed by atoms with E-state index in [1.165, 1.54) is 4.88 Å². The maximum absolute atomic E-state index is 4.04. The molecule has 2 rings (SSSR count). The first-order chi connectivity index (χ1) is 8.68. The standard InChI is InChI=1S/C14H21N3S/c1-14(2,13-5-3-10-18-13)11-15-6-4-8-17-9-7-16-12-17/h3,5,7,9-10,12,15H,4,6,8,11H2,1-2H3. The van der Waals surface area contributed by atoms with Crippen molar-refractivity contribution in [3.8, 4) is 0 Å². The van der Waals surface area contributed by atoms with Crippen molar-refractivity contribution < 1.29 is 0 Å². The molecule has 0 aromatic carbocycles. The predicted molar refractivity (Wildman–Crippen MR) is 77.1 cm³/mol. The maximum atomic E-state index is 4.04. The van der Waals surface area contributed by atoms with Crippen LogP contribution in [0.5, 0.6) is 0 Å². The molecule has 3 nitrogen and oxygen atoms in total. The molecule has 0 bridgehead atoms. The van der Waals surface area contributed by atoms with E-state index in [0.29, 0.717) is 0 Å². The summed E-state index contributed by atoms with van der Waals surface area (Å²) < 4.78 is 2.12. The first-order valence-corrected chi connectivity index (χ1v) is 7.27. The van der Waals surface area contributed by atoms with Gasteiger partial charge in [0, 0.05) is 35.8 Å². The van der Waals surface area contributed by atoms with Gasteiger partial charge in [0.1, 0.15) is 0 Å². The second-order valence-electron chi connectivity index (χ2n) is 5.19. The molecule has 0 aliphatic carbocycles. The zero-order valence-corrected chi connectivity index (χ0v) is 11.9. The number of aryl methyl sites for hydroxylation is 1. The number of aromatic nitrogens is 2. The van der Waals surface area contributed by atoms with Crippen LogP contribution in [0.15, 0.2) is 36.2 Å². The summed E-state index contributed by atoms with van der Waals surface area (Å²) in [5, 5.41) is 5.70. The lowest BCUT2D eigenvalue weighted by molar-refractivity contribution is 0.465. The quantitative estimate of drug-likeness (QED) is 0.778. The molecule has 4 heteroatoms. The van der Waals surface area contributed by atoms with Gasteiger partial charge in [-0.1, -0.05) is 19.9 Å². The van der Waals surface area contributed by atoms with Crippen LogP contribution in [0.25, 0.3) is 0 Å². The molecule has 1 N–H and O–H groups in total. The van der Waals surface area contributed by atoms with Crippen LogP contribution in [0.4, 0.5) is 0 Å². The molecule has 98 valence electrons. The van der Waals surface area contributed by atoms with Crippen LogP contribution < -0.4 is 5.32 Å². The molecular formula is C14H21N3S. The Morgan fingerprint density at radius 3 is 3.00 bits per heavy atom. The number of hydrogen-bond acceptors (Lipinski definition) is 3. The van der Waals surface area contributed by atoms with E-state index in [0.717, 1.165) is 26.1 Å². The van der Waals surface area contributed by atoms with E-state index < -0.39 is 0 Å². The highest BCUT2D eigenvalue weighted by molar-refractivity contribution is 7.10. The number of nitrogens with zero attached hydrogens (tertiary/aromatic N) is 2. The highest BCUT2D eigenvalue weighted by Gasteiger charge is 2.20. The number of nitrogens with one attached hydrogen (secondary N) is 1. The zero-order valence-electron chi connectivity index (χ0n) is 11.1. The van der Waals surface area contributed by atoms with Crippen molar-refractivity contribution in [1.82, 2.24) is 14.9 Å². The second-order valence-corrected chi connectivity index (χ2v) is 6.14. The summed E-state index contributed by atoms with van der Waals surface area (Å²) in [5.41, 5.74) is 0.225. The van der Waals surface area contributed by atoms with Gasteiger partial charge in [0.25, 0.3) is 0 Å². The van der Waals surface area contributed by atoms with E-state index in [1.807, 2.05) is 30.1 Å². The summed E-state index contributed by atoms with van der Waals surface area (Å²) in [4.78, 5) is 5.49. The van der Waals surface area contributed by atoms with Gasteiger partial charge in [0.05, 0.1) is 6.33 Å². The van der Waals surface area contributed by atoms with Crippen LogP contribution in [-0.2, 0) is 12.0 Å². The predicted octanol–water partition coefficient (Wildman–Crippen LogP) is 2.90. The number of hydrogen-bond donors (Lipinski definition) is 1. The van der Waals surface area contributed by atoms with Gasteiger partial charge in [-0.15, -0.1) is 11.3 Å². The Balaban J connectivity index is 1.66. The lowest BCUT2D eigenvalue weighted by Gasteiger charge is -2.23.